The second-order valence-corrected chi connectivity index (χ2v) is 10.0. The summed E-state index contributed by atoms with van der Waals surface area (Å²) in [4.78, 5) is 17.8. The first-order chi connectivity index (χ1) is 16.4. The summed E-state index contributed by atoms with van der Waals surface area (Å²) < 4.78 is 25.1. The fourth-order valence-electron chi connectivity index (χ4n) is 5.00. The number of carbonyl (C=O) groups is 1. The van der Waals surface area contributed by atoms with E-state index >= 15 is 0 Å². The molecule has 0 aliphatic carbocycles. The first-order valence-electron chi connectivity index (χ1n) is 12.2. The third-order valence-corrected chi connectivity index (χ3v) is 6.56. The van der Waals surface area contributed by atoms with Crippen LogP contribution >= 0.6 is 0 Å². The third kappa shape index (κ3) is 6.27. The van der Waals surface area contributed by atoms with Crippen molar-refractivity contribution in [3.05, 3.63) is 65.5 Å². The summed E-state index contributed by atoms with van der Waals surface area (Å²) in [5.74, 6) is 1.53. The van der Waals surface area contributed by atoms with Crippen LogP contribution in [0.1, 0.15) is 25.0 Å². The second-order valence-electron chi connectivity index (χ2n) is 10.0. The van der Waals surface area contributed by atoms with Gasteiger partial charge < -0.3 is 24.6 Å². The van der Waals surface area contributed by atoms with Crippen molar-refractivity contribution in [2.45, 2.75) is 33.0 Å². The number of ether oxygens (including phenoxy) is 2. The molecule has 2 heterocycles. The topological polar surface area (TPSA) is 54.0 Å². The summed E-state index contributed by atoms with van der Waals surface area (Å²) in [5, 5.41) is 3.12. The SMILES string of the molecule is CC(C)COc1ccc(CNC(=O)N(Cc2ccc(F)cc2)C2[C@@H]3COC[C@H]2CN(C)C3)cc1. The first kappa shape index (κ1) is 24.5. The van der Waals surface area contributed by atoms with Gasteiger partial charge in [0.2, 0.25) is 0 Å². The van der Waals surface area contributed by atoms with Gasteiger partial charge in [-0.05, 0) is 48.4 Å². The van der Waals surface area contributed by atoms with E-state index in [0.717, 1.165) is 30.0 Å². The van der Waals surface area contributed by atoms with Gasteiger partial charge in [-0.2, -0.15) is 0 Å². The molecule has 2 amide bonds. The number of rotatable bonds is 8. The molecule has 2 aromatic rings. The fraction of sp³-hybridized carbons (Fsp3) is 0.519. The van der Waals surface area contributed by atoms with Crippen LogP contribution in [0.4, 0.5) is 9.18 Å². The number of hydrogen-bond donors (Lipinski definition) is 1. The van der Waals surface area contributed by atoms with E-state index < -0.39 is 0 Å². The average Bonchev–Trinajstić information content (AvgIpc) is 2.81. The predicted octanol–water partition coefficient (Wildman–Crippen LogP) is 4.15. The molecule has 2 fully saturated rings. The average molecular weight is 470 g/mol. The summed E-state index contributed by atoms with van der Waals surface area (Å²) in [6.07, 6.45) is 0. The van der Waals surface area contributed by atoms with E-state index in [1.165, 1.54) is 12.1 Å². The number of urea groups is 1. The highest BCUT2D eigenvalue weighted by molar-refractivity contribution is 5.74. The number of nitrogens with one attached hydrogen (secondary N) is 1. The molecular weight excluding hydrogens is 433 g/mol. The molecule has 1 unspecified atom stereocenters. The predicted molar refractivity (Wildman–Crippen MR) is 130 cm³/mol. The highest BCUT2D eigenvalue weighted by atomic mass is 19.1. The van der Waals surface area contributed by atoms with Gasteiger partial charge in [0.25, 0.3) is 0 Å². The van der Waals surface area contributed by atoms with Gasteiger partial charge in [-0.3, -0.25) is 0 Å². The van der Waals surface area contributed by atoms with E-state index in [-0.39, 0.29) is 29.7 Å². The van der Waals surface area contributed by atoms with Gasteiger partial charge in [-0.1, -0.05) is 38.1 Å². The third-order valence-electron chi connectivity index (χ3n) is 6.56. The van der Waals surface area contributed by atoms with Crippen LogP contribution in [0.5, 0.6) is 5.75 Å². The van der Waals surface area contributed by atoms with E-state index in [0.29, 0.717) is 38.8 Å². The molecule has 2 saturated heterocycles. The molecule has 0 spiro atoms. The maximum atomic E-state index is 13.5. The minimum Gasteiger partial charge on any atom is -0.493 e. The van der Waals surface area contributed by atoms with Crippen molar-refractivity contribution >= 4 is 6.03 Å². The molecule has 34 heavy (non-hydrogen) atoms. The monoisotopic (exact) mass is 469 g/mol. The van der Waals surface area contributed by atoms with E-state index in [1.807, 2.05) is 29.2 Å². The summed E-state index contributed by atoms with van der Waals surface area (Å²) in [6.45, 7) is 8.87. The van der Waals surface area contributed by atoms with E-state index in [4.69, 9.17) is 9.47 Å². The number of halogens is 1. The zero-order valence-electron chi connectivity index (χ0n) is 20.4. The molecule has 184 valence electrons. The zero-order chi connectivity index (χ0) is 24.1. The molecule has 0 radical (unpaired) electrons. The Bertz CT molecular complexity index is 921. The number of likely N-dealkylation sites (tertiary alicyclic amines) is 1. The van der Waals surface area contributed by atoms with Crippen LogP contribution in [0.25, 0.3) is 0 Å². The maximum absolute atomic E-state index is 13.5. The van der Waals surface area contributed by atoms with Crippen LogP contribution in [-0.4, -0.2) is 61.8 Å². The van der Waals surface area contributed by atoms with E-state index in [1.54, 1.807) is 12.1 Å². The number of carbonyl (C=O) groups excluding carboxylic acids is 1. The molecule has 2 bridgehead atoms. The molecule has 7 heteroatoms. The Hall–Kier alpha value is -2.64. The van der Waals surface area contributed by atoms with Crippen LogP contribution in [0.2, 0.25) is 0 Å². The molecule has 0 aromatic heterocycles. The minimum atomic E-state index is -0.273. The van der Waals surface area contributed by atoms with Crippen LogP contribution in [0.3, 0.4) is 0 Å². The van der Waals surface area contributed by atoms with Gasteiger partial charge in [-0.25, -0.2) is 9.18 Å². The quantitative estimate of drug-likeness (QED) is 0.631. The van der Waals surface area contributed by atoms with Crippen molar-refractivity contribution in [1.82, 2.24) is 15.1 Å². The molecule has 2 aromatic carbocycles. The Morgan fingerprint density at radius 2 is 1.71 bits per heavy atom. The summed E-state index contributed by atoms with van der Waals surface area (Å²) in [6, 6.07) is 14.3. The van der Waals surface area contributed by atoms with Crippen molar-refractivity contribution < 1.29 is 18.7 Å². The van der Waals surface area contributed by atoms with Crippen molar-refractivity contribution in [3.8, 4) is 5.75 Å². The second kappa shape index (κ2) is 11.2. The number of benzene rings is 2. The van der Waals surface area contributed by atoms with Crippen LogP contribution in [0, 0.1) is 23.6 Å². The maximum Gasteiger partial charge on any atom is 0.318 e. The molecule has 6 nitrogen and oxygen atoms in total. The number of fused-ring (bicyclic) bond motifs is 2. The number of nitrogens with zero attached hydrogens (tertiary/aromatic N) is 2. The normalized spacial score (nSPS) is 22.4. The lowest BCUT2D eigenvalue weighted by Crippen LogP contribution is -2.62. The smallest absolute Gasteiger partial charge is 0.318 e. The Balaban J connectivity index is 1.46. The van der Waals surface area contributed by atoms with E-state index in [2.05, 4.69) is 31.1 Å². The Morgan fingerprint density at radius 1 is 1.09 bits per heavy atom. The Morgan fingerprint density at radius 3 is 2.32 bits per heavy atom. The van der Waals surface area contributed by atoms with Gasteiger partial charge in [0.1, 0.15) is 11.6 Å². The molecule has 1 N–H and O–H groups in total. The summed E-state index contributed by atoms with van der Waals surface area (Å²) in [7, 11) is 2.13. The molecule has 3 atom stereocenters. The molecule has 2 aliphatic rings. The highest BCUT2D eigenvalue weighted by Gasteiger charge is 2.44. The van der Waals surface area contributed by atoms with Crippen LogP contribution in [-0.2, 0) is 17.8 Å². The Labute approximate surface area is 202 Å². The van der Waals surface area contributed by atoms with Crippen molar-refractivity contribution in [1.29, 1.82) is 0 Å². The van der Waals surface area contributed by atoms with Gasteiger partial charge in [0, 0.05) is 44.1 Å². The van der Waals surface area contributed by atoms with Crippen molar-refractivity contribution in [2.24, 2.45) is 17.8 Å². The molecule has 4 rings (SSSR count). The van der Waals surface area contributed by atoms with Gasteiger partial charge in [0.15, 0.2) is 0 Å². The summed E-state index contributed by atoms with van der Waals surface area (Å²) >= 11 is 0. The number of piperidine rings is 1. The van der Waals surface area contributed by atoms with Crippen molar-refractivity contribution in [3.63, 3.8) is 0 Å². The minimum absolute atomic E-state index is 0.0850. The van der Waals surface area contributed by atoms with Gasteiger partial charge >= 0.3 is 6.03 Å². The molecular formula is C27H36FN3O3. The molecule has 0 saturated carbocycles. The summed E-state index contributed by atoms with van der Waals surface area (Å²) in [5.41, 5.74) is 1.93. The Kier molecular flexibility index (Phi) is 8.06. The van der Waals surface area contributed by atoms with Crippen LogP contribution < -0.4 is 10.1 Å². The number of hydrogen-bond acceptors (Lipinski definition) is 4. The van der Waals surface area contributed by atoms with Gasteiger partial charge in [0.05, 0.1) is 19.8 Å². The van der Waals surface area contributed by atoms with E-state index in [9.17, 15) is 9.18 Å². The van der Waals surface area contributed by atoms with Gasteiger partial charge in [-0.15, -0.1) is 0 Å². The highest BCUT2D eigenvalue weighted by Crippen LogP contribution is 2.32. The lowest BCUT2D eigenvalue weighted by atomic mass is 9.81. The molecule has 2 aliphatic heterocycles. The van der Waals surface area contributed by atoms with Crippen LogP contribution in [0.15, 0.2) is 48.5 Å². The zero-order valence-corrected chi connectivity index (χ0v) is 20.4. The fourth-order valence-corrected chi connectivity index (χ4v) is 5.00. The number of amides is 2. The largest absolute Gasteiger partial charge is 0.493 e. The first-order valence-corrected chi connectivity index (χ1v) is 12.2. The standard InChI is InChI=1S/C27H36FN3O3/c1-19(2)16-34-25-10-6-20(7-11-25)12-29-27(32)31(13-21-4-8-24(28)9-5-21)26-22-14-30(3)15-23(26)18-33-17-22/h4-11,19,22-23,26H,12-18H2,1-3H3,(H,29,32)/t22-,23+,26?. The van der Waals surface area contributed by atoms with Crippen molar-refractivity contribution in [2.75, 3.05) is 40.0 Å². The lowest BCUT2D eigenvalue weighted by Gasteiger charge is -2.50. The lowest BCUT2D eigenvalue weighted by molar-refractivity contribution is -0.0874.